The lowest BCUT2D eigenvalue weighted by molar-refractivity contribution is -0.0780. The first kappa shape index (κ1) is 14.4. The number of ether oxygens (including phenoxy) is 1. The summed E-state index contributed by atoms with van der Waals surface area (Å²) in [7, 11) is 0. The summed E-state index contributed by atoms with van der Waals surface area (Å²) in [5.74, 6) is 5.52. The maximum Gasteiger partial charge on any atom is 0.141 e. The fraction of sp³-hybridized carbons (Fsp3) is 0.643. The van der Waals surface area contributed by atoms with E-state index in [-0.39, 0.29) is 29.0 Å². The molecule has 0 amide bonds. The van der Waals surface area contributed by atoms with Crippen molar-refractivity contribution in [3.8, 4) is 0 Å². The second-order valence-corrected chi connectivity index (χ2v) is 6.32. The molecular formula is C14H22FN3O. The third-order valence-corrected chi connectivity index (χ3v) is 3.79. The summed E-state index contributed by atoms with van der Waals surface area (Å²) in [6, 6.07) is 2.92. The van der Waals surface area contributed by atoms with Crippen molar-refractivity contribution >= 4 is 0 Å². The number of nitrogens with one attached hydrogen (secondary N) is 1. The number of nitrogens with zero attached hydrogens (tertiary/aromatic N) is 1. The standard InChI is InChI=1S/C14H22FN3O/c1-13(2)7-10(14(3,4)19-13)12(18-16)11-6-5-9(15)8-17-11/h5-6,8,10,12,18H,7,16H2,1-4H3. The molecule has 1 aromatic heterocycles. The van der Waals surface area contributed by atoms with E-state index in [9.17, 15) is 4.39 Å². The van der Waals surface area contributed by atoms with E-state index >= 15 is 0 Å². The number of aromatic nitrogens is 1. The van der Waals surface area contributed by atoms with Crippen molar-refractivity contribution in [2.45, 2.75) is 51.4 Å². The summed E-state index contributed by atoms with van der Waals surface area (Å²) in [5, 5.41) is 0. The van der Waals surface area contributed by atoms with Gasteiger partial charge in [-0.2, -0.15) is 0 Å². The van der Waals surface area contributed by atoms with Crippen molar-refractivity contribution in [3.63, 3.8) is 0 Å². The van der Waals surface area contributed by atoms with Crippen LogP contribution in [0.2, 0.25) is 0 Å². The molecule has 1 aliphatic heterocycles. The van der Waals surface area contributed by atoms with Gasteiger partial charge in [-0.15, -0.1) is 0 Å². The SMILES string of the molecule is CC1(C)CC(C(NN)c2ccc(F)cn2)C(C)(C)O1. The molecule has 0 spiro atoms. The number of hydrazine groups is 1. The van der Waals surface area contributed by atoms with Crippen LogP contribution in [-0.4, -0.2) is 16.2 Å². The fourth-order valence-corrected chi connectivity index (χ4v) is 3.10. The summed E-state index contributed by atoms with van der Waals surface area (Å²) in [4.78, 5) is 4.13. The Morgan fingerprint density at radius 1 is 1.42 bits per heavy atom. The Bertz CT molecular complexity index is 445. The molecule has 1 saturated heterocycles. The first-order valence-corrected chi connectivity index (χ1v) is 6.53. The molecule has 4 nitrogen and oxygen atoms in total. The van der Waals surface area contributed by atoms with E-state index in [0.29, 0.717) is 0 Å². The average molecular weight is 267 g/mol. The number of hydrogen-bond acceptors (Lipinski definition) is 4. The summed E-state index contributed by atoms with van der Waals surface area (Å²) in [6.07, 6.45) is 2.08. The van der Waals surface area contributed by atoms with Gasteiger partial charge in [0.1, 0.15) is 5.82 Å². The molecule has 1 aromatic rings. The maximum atomic E-state index is 13.0. The summed E-state index contributed by atoms with van der Waals surface area (Å²) in [6.45, 7) is 8.25. The van der Waals surface area contributed by atoms with Gasteiger partial charge in [0.2, 0.25) is 0 Å². The van der Waals surface area contributed by atoms with E-state index in [1.54, 1.807) is 6.07 Å². The highest BCUT2D eigenvalue weighted by Crippen LogP contribution is 2.47. The molecule has 0 aromatic carbocycles. The summed E-state index contributed by atoms with van der Waals surface area (Å²) >= 11 is 0. The second kappa shape index (κ2) is 4.81. The van der Waals surface area contributed by atoms with E-state index in [1.165, 1.54) is 12.3 Å². The van der Waals surface area contributed by atoms with Crippen LogP contribution in [0.1, 0.15) is 45.9 Å². The zero-order valence-electron chi connectivity index (χ0n) is 11.9. The number of pyridine rings is 1. The molecule has 2 heterocycles. The van der Waals surface area contributed by atoms with Crippen molar-refractivity contribution in [3.05, 3.63) is 29.8 Å². The van der Waals surface area contributed by atoms with Gasteiger partial charge in [-0.25, -0.2) is 4.39 Å². The molecule has 0 aliphatic carbocycles. The molecule has 5 heteroatoms. The van der Waals surface area contributed by atoms with Crippen LogP contribution < -0.4 is 11.3 Å². The third kappa shape index (κ3) is 2.94. The fourth-order valence-electron chi connectivity index (χ4n) is 3.10. The van der Waals surface area contributed by atoms with Crippen molar-refractivity contribution in [1.29, 1.82) is 0 Å². The molecule has 2 rings (SSSR count). The predicted octanol–water partition coefficient (Wildman–Crippen LogP) is 2.32. The topological polar surface area (TPSA) is 60.2 Å². The largest absolute Gasteiger partial charge is 0.369 e. The molecule has 1 aliphatic rings. The van der Waals surface area contributed by atoms with E-state index < -0.39 is 0 Å². The highest BCUT2D eigenvalue weighted by atomic mass is 19.1. The van der Waals surface area contributed by atoms with E-state index in [0.717, 1.165) is 12.1 Å². The number of rotatable bonds is 3. The highest BCUT2D eigenvalue weighted by molar-refractivity contribution is 5.14. The van der Waals surface area contributed by atoms with Gasteiger partial charge in [0, 0.05) is 5.92 Å². The van der Waals surface area contributed by atoms with E-state index in [2.05, 4.69) is 38.1 Å². The van der Waals surface area contributed by atoms with Crippen molar-refractivity contribution in [2.75, 3.05) is 0 Å². The Morgan fingerprint density at radius 3 is 2.53 bits per heavy atom. The minimum Gasteiger partial charge on any atom is -0.369 e. The van der Waals surface area contributed by atoms with Crippen LogP contribution in [0.4, 0.5) is 4.39 Å². The van der Waals surface area contributed by atoms with Gasteiger partial charge < -0.3 is 4.74 Å². The summed E-state index contributed by atoms with van der Waals surface area (Å²) in [5.41, 5.74) is 3.05. The molecule has 19 heavy (non-hydrogen) atoms. The van der Waals surface area contributed by atoms with Crippen molar-refractivity contribution in [1.82, 2.24) is 10.4 Å². The molecule has 0 bridgehead atoms. The molecule has 2 atom stereocenters. The maximum absolute atomic E-state index is 13.0. The molecule has 1 fully saturated rings. The monoisotopic (exact) mass is 267 g/mol. The smallest absolute Gasteiger partial charge is 0.141 e. The Labute approximate surface area is 113 Å². The quantitative estimate of drug-likeness (QED) is 0.652. The first-order chi connectivity index (χ1) is 8.75. The predicted molar refractivity (Wildman–Crippen MR) is 71.6 cm³/mol. The van der Waals surface area contributed by atoms with Gasteiger partial charge in [-0.05, 0) is 46.2 Å². The lowest BCUT2D eigenvalue weighted by Crippen LogP contribution is -2.41. The highest BCUT2D eigenvalue weighted by Gasteiger charge is 2.49. The molecular weight excluding hydrogens is 245 g/mol. The Morgan fingerprint density at radius 2 is 2.11 bits per heavy atom. The van der Waals surface area contributed by atoms with Crippen LogP contribution in [0.15, 0.2) is 18.3 Å². The van der Waals surface area contributed by atoms with Gasteiger partial charge >= 0.3 is 0 Å². The normalized spacial score (nSPS) is 26.3. The van der Waals surface area contributed by atoms with Crippen molar-refractivity contribution < 1.29 is 9.13 Å². The average Bonchev–Trinajstić information content (AvgIpc) is 2.51. The van der Waals surface area contributed by atoms with Crippen LogP contribution in [0.5, 0.6) is 0 Å². The molecule has 0 radical (unpaired) electrons. The first-order valence-electron chi connectivity index (χ1n) is 6.53. The lowest BCUT2D eigenvalue weighted by Gasteiger charge is -2.32. The van der Waals surface area contributed by atoms with Crippen molar-refractivity contribution in [2.24, 2.45) is 11.8 Å². The molecule has 106 valence electrons. The van der Waals surface area contributed by atoms with Gasteiger partial charge in [0.05, 0.1) is 29.1 Å². The van der Waals surface area contributed by atoms with Crippen LogP contribution in [0, 0.1) is 11.7 Å². The molecule has 2 unspecified atom stereocenters. The number of halogens is 1. The zero-order chi connectivity index (χ0) is 14.3. The van der Waals surface area contributed by atoms with Gasteiger partial charge in [0.15, 0.2) is 0 Å². The lowest BCUT2D eigenvalue weighted by atomic mass is 9.80. The Kier molecular flexibility index (Phi) is 3.64. The van der Waals surface area contributed by atoms with Crippen LogP contribution >= 0.6 is 0 Å². The van der Waals surface area contributed by atoms with E-state index in [1.807, 2.05) is 0 Å². The Balaban J connectivity index is 2.29. The Hall–Kier alpha value is -1.04. The molecule has 3 N–H and O–H groups in total. The minimum atomic E-state index is -0.346. The zero-order valence-corrected chi connectivity index (χ0v) is 11.9. The van der Waals surface area contributed by atoms with Gasteiger partial charge in [0.25, 0.3) is 0 Å². The number of nitrogens with two attached hydrogens (primary N) is 1. The number of hydrogen-bond donors (Lipinski definition) is 2. The van der Waals surface area contributed by atoms with Crippen LogP contribution in [0.3, 0.4) is 0 Å². The second-order valence-electron chi connectivity index (χ2n) is 6.32. The minimum absolute atomic E-state index is 0.155. The van der Waals surface area contributed by atoms with Gasteiger partial charge in [-0.1, -0.05) is 0 Å². The summed E-state index contributed by atoms with van der Waals surface area (Å²) < 4.78 is 19.0. The van der Waals surface area contributed by atoms with Crippen LogP contribution in [-0.2, 0) is 4.74 Å². The molecule has 0 saturated carbocycles. The van der Waals surface area contributed by atoms with Gasteiger partial charge in [-0.3, -0.25) is 16.3 Å². The van der Waals surface area contributed by atoms with E-state index in [4.69, 9.17) is 10.6 Å². The third-order valence-electron chi connectivity index (χ3n) is 3.79. The van der Waals surface area contributed by atoms with Crippen LogP contribution in [0.25, 0.3) is 0 Å².